The van der Waals surface area contributed by atoms with Crippen LogP contribution in [0.25, 0.3) is 6.08 Å². The minimum absolute atomic E-state index is 0.342. The van der Waals surface area contributed by atoms with Gasteiger partial charge in [0, 0.05) is 6.08 Å². The van der Waals surface area contributed by atoms with E-state index in [2.05, 4.69) is 4.74 Å². The maximum absolute atomic E-state index is 11.0. The number of ether oxygens (including phenoxy) is 3. The Balaban J connectivity index is 2.02. The highest BCUT2D eigenvalue weighted by molar-refractivity contribution is 5.86. The number of aliphatic hydroxyl groups is 4. The van der Waals surface area contributed by atoms with Crippen LogP contribution in [0, 0.1) is 0 Å². The van der Waals surface area contributed by atoms with Crippen molar-refractivity contribution in [1.29, 1.82) is 0 Å². The van der Waals surface area contributed by atoms with E-state index in [1.807, 2.05) is 0 Å². The van der Waals surface area contributed by atoms with E-state index in [4.69, 9.17) is 14.6 Å². The second-order valence-corrected chi connectivity index (χ2v) is 5.24. The predicted molar refractivity (Wildman–Crippen MR) is 81.9 cm³/mol. The summed E-state index contributed by atoms with van der Waals surface area (Å²) in [7, 11) is 1.28. The molecule has 0 amide bonds. The van der Waals surface area contributed by atoms with Crippen LogP contribution in [0.5, 0.6) is 5.75 Å². The fourth-order valence-electron chi connectivity index (χ4n) is 2.19. The monoisotopic (exact) mass is 340 g/mol. The molecule has 0 aliphatic carbocycles. The second-order valence-electron chi connectivity index (χ2n) is 5.24. The molecule has 1 aromatic carbocycles. The van der Waals surface area contributed by atoms with Crippen molar-refractivity contribution in [3.05, 3.63) is 35.9 Å². The molecule has 132 valence electrons. The molecule has 4 N–H and O–H groups in total. The van der Waals surface area contributed by atoms with Crippen molar-refractivity contribution in [1.82, 2.24) is 0 Å². The molecule has 5 unspecified atom stereocenters. The SMILES string of the molecule is COC(=O)/C=C/c1ccc(OC2OC(CO)C(O)C(O)C2O)cc1. The summed E-state index contributed by atoms with van der Waals surface area (Å²) in [6.07, 6.45) is -3.84. The Morgan fingerprint density at radius 2 is 1.83 bits per heavy atom. The molecule has 8 heteroatoms. The lowest BCUT2D eigenvalue weighted by Crippen LogP contribution is -2.60. The molecule has 1 aliphatic rings. The van der Waals surface area contributed by atoms with Gasteiger partial charge in [-0.25, -0.2) is 4.79 Å². The van der Waals surface area contributed by atoms with Crippen LogP contribution in [0.2, 0.25) is 0 Å². The Hall–Kier alpha value is -1.97. The molecule has 0 aromatic heterocycles. The van der Waals surface area contributed by atoms with E-state index < -0.39 is 43.3 Å². The van der Waals surface area contributed by atoms with Gasteiger partial charge in [0.15, 0.2) is 0 Å². The van der Waals surface area contributed by atoms with Crippen LogP contribution in [0.1, 0.15) is 5.56 Å². The van der Waals surface area contributed by atoms with E-state index in [0.29, 0.717) is 5.75 Å². The topological polar surface area (TPSA) is 126 Å². The quantitative estimate of drug-likeness (QED) is 0.399. The third-order valence-corrected chi connectivity index (χ3v) is 3.59. The van der Waals surface area contributed by atoms with Crippen molar-refractivity contribution in [2.24, 2.45) is 0 Å². The van der Waals surface area contributed by atoms with Gasteiger partial charge in [0.05, 0.1) is 13.7 Å². The van der Waals surface area contributed by atoms with Gasteiger partial charge in [-0.1, -0.05) is 12.1 Å². The van der Waals surface area contributed by atoms with E-state index in [0.717, 1.165) is 5.56 Å². The predicted octanol–water partition coefficient (Wildman–Crippen LogP) is -0.949. The van der Waals surface area contributed by atoms with Crippen LogP contribution >= 0.6 is 0 Å². The lowest BCUT2D eigenvalue weighted by molar-refractivity contribution is -0.277. The molecule has 5 atom stereocenters. The largest absolute Gasteiger partial charge is 0.466 e. The van der Waals surface area contributed by atoms with Crippen LogP contribution in [0.4, 0.5) is 0 Å². The normalized spacial score (nSPS) is 30.3. The zero-order valence-corrected chi connectivity index (χ0v) is 13.0. The molecule has 0 saturated carbocycles. The summed E-state index contributed by atoms with van der Waals surface area (Å²) in [6, 6.07) is 6.49. The molecule has 1 aliphatic heterocycles. The highest BCUT2D eigenvalue weighted by Crippen LogP contribution is 2.24. The van der Waals surface area contributed by atoms with E-state index in [9.17, 15) is 20.1 Å². The zero-order valence-electron chi connectivity index (χ0n) is 13.0. The van der Waals surface area contributed by atoms with Crippen LogP contribution in [0.3, 0.4) is 0 Å². The minimum Gasteiger partial charge on any atom is -0.466 e. The Bertz CT molecular complexity index is 568. The fraction of sp³-hybridized carbons (Fsp3) is 0.438. The number of rotatable bonds is 5. The van der Waals surface area contributed by atoms with Crippen molar-refractivity contribution in [3.8, 4) is 5.75 Å². The average Bonchev–Trinajstić information content (AvgIpc) is 2.61. The average molecular weight is 340 g/mol. The Labute approximate surface area is 138 Å². The molecule has 8 nitrogen and oxygen atoms in total. The first-order valence-electron chi connectivity index (χ1n) is 7.29. The molecule has 24 heavy (non-hydrogen) atoms. The van der Waals surface area contributed by atoms with Gasteiger partial charge in [0.25, 0.3) is 0 Å². The van der Waals surface area contributed by atoms with Crippen molar-refractivity contribution in [2.45, 2.75) is 30.7 Å². The molecule has 1 fully saturated rings. The third-order valence-electron chi connectivity index (χ3n) is 3.59. The summed E-state index contributed by atoms with van der Waals surface area (Å²) >= 11 is 0. The van der Waals surface area contributed by atoms with Gasteiger partial charge in [-0.2, -0.15) is 0 Å². The highest BCUT2D eigenvalue weighted by Gasteiger charge is 2.44. The number of aliphatic hydroxyl groups excluding tert-OH is 4. The first-order valence-corrected chi connectivity index (χ1v) is 7.29. The number of carbonyl (C=O) groups is 1. The maximum Gasteiger partial charge on any atom is 0.330 e. The van der Waals surface area contributed by atoms with Gasteiger partial charge in [0.1, 0.15) is 30.2 Å². The fourth-order valence-corrected chi connectivity index (χ4v) is 2.19. The Morgan fingerprint density at radius 3 is 2.42 bits per heavy atom. The van der Waals surface area contributed by atoms with Crippen LogP contribution < -0.4 is 4.74 Å². The standard InChI is InChI=1S/C16H20O8/c1-22-12(18)7-4-9-2-5-10(6-3-9)23-16-15(21)14(20)13(19)11(8-17)24-16/h2-7,11,13-17,19-21H,8H2,1H3/b7-4+. The number of hydrogen-bond donors (Lipinski definition) is 4. The van der Waals surface area contributed by atoms with Crippen LogP contribution in [0.15, 0.2) is 30.3 Å². The van der Waals surface area contributed by atoms with Gasteiger partial charge >= 0.3 is 5.97 Å². The van der Waals surface area contributed by atoms with Gasteiger partial charge in [0.2, 0.25) is 6.29 Å². The molecule has 0 bridgehead atoms. The second kappa shape index (κ2) is 8.22. The van der Waals surface area contributed by atoms with E-state index in [1.165, 1.54) is 13.2 Å². The summed E-state index contributed by atoms with van der Waals surface area (Å²) in [5.74, 6) is -0.133. The number of carbonyl (C=O) groups excluding carboxylic acids is 1. The molecule has 1 heterocycles. The van der Waals surface area contributed by atoms with E-state index in [1.54, 1.807) is 30.3 Å². The number of hydrogen-bond acceptors (Lipinski definition) is 8. The lowest BCUT2D eigenvalue weighted by atomic mass is 9.99. The Morgan fingerprint density at radius 1 is 1.17 bits per heavy atom. The molecule has 0 spiro atoms. The molecular weight excluding hydrogens is 320 g/mol. The van der Waals surface area contributed by atoms with Crippen LogP contribution in [-0.2, 0) is 14.3 Å². The van der Waals surface area contributed by atoms with Crippen LogP contribution in [-0.4, -0.2) is 70.8 Å². The highest BCUT2D eigenvalue weighted by atomic mass is 16.7. The Kier molecular flexibility index (Phi) is 6.29. The molecule has 2 rings (SSSR count). The molecule has 1 saturated heterocycles. The van der Waals surface area contributed by atoms with E-state index in [-0.39, 0.29) is 0 Å². The maximum atomic E-state index is 11.0. The number of benzene rings is 1. The van der Waals surface area contributed by atoms with Gasteiger partial charge in [-0.3, -0.25) is 0 Å². The van der Waals surface area contributed by atoms with Crippen molar-refractivity contribution >= 4 is 12.0 Å². The van der Waals surface area contributed by atoms with E-state index >= 15 is 0 Å². The number of methoxy groups -OCH3 is 1. The molecule has 0 radical (unpaired) electrons. The lowest BCUT2D eigenvalue weighted by Gasteiger charge is -2.39. The first-order chi connectivity index (χ1) is 11.5. The third kappa shape index (κ3) is 4.31. The summed E-state index contributed by atoms with van der Waals surface area (Å²) < 4.78 is 15.2. The van der Waals surface area contributed by atoms with Gasteiger partial charge < -0.3 is 34.6 Å². The molecule has 1 aromatic rings. The van der Waals surface area contributed by atoms with Crippen molar-refractivity contribution in [3.63, 3.8) is 0 Å². The summed E-state index contributed by atoms with van der Waals surface area (Å²) in [5, 5.41) is 38.5. The summed E-state index contributed by atoms with van der Waals surface area (Å²) in [5.41, 5.74) is 0.724. The van der Waals surface area contributed by atoms with Crippen molar-refractivity contribution in [2.75, 3.05) is 13.7 Å². The summed E-state index contributed by atoms with van der Waals surface area (Å²) in [4.78, 5) is 11.0. The van der Waals surface area contributed by atoms with Gasteiger partial charge in [-0.15, -0.1) is 0 Å². The number of esters is 1. The minimum atomic E-state index is -1.50. The van der Waals surface area contributed by atoms with Gasteiger partial charge in [-0.05, 0) is 23.8 Å². The molecular formula is C16H20O8. The smallest absolute Gasteiger partial charge is 0.330 e. The first kappa shape index (κ1) is 18.4. The van der Waals surface area contributed by atoms with Crippen molar-refractivity contribution < 1.29 is 39.4 Å². The zero-order chi connectivity index (χ0) is 17.7. The summed E-state index contributed by atoms with van der Waals surface area (Å²) in [6.45, 7) is -0.526.